The summed E-state index contributed by atoms with van der Waals surface area (Å²) in [7, 11) is 0. The summed E-state index contributed by atoms with van der Waals surface area (Å²) in [5.41, 5.74) is 0. The minimum atomic E-state index is -0.167. The third-order valence-corrected chi connectivity index (χ3v) is 3.18. The van der Waals surface area contributed by atoms with E-state index in [0.29, 0.717) is 12.3 Å². The summed E-state index contributed by atoms with van der Waals surface area (Å²) in [6.07, 6.45) is 0. The highest BCUT2D eigenvalue weighted by Gasteiger charge is 2.09. The predicted molar refractivity (Wildman–Crippen MR) is 63.7 cm³/mol. The molecule has 0 aliphatic carbocycles. The summed E-state index contributed by atoms with van der Waals surface area (Å²) in [6, 6.07) is 7.53. The molecule has 0 atom stereocenters. The number of aryl methyl sites for hydroxylation is 2. The van der Waals surface area contributed by atoms with Crippen molar-refractivity contribution in [3.8, 4) is 0 Å². The fraction of sp³-hybridized carbons (Fsp3) is 0.250. The number of amides is 1. The molecule has 0 saturated carbocycles. The molecule has 2 heterocycles. The molecule has 2 aromatic heterocycles. The van der Waals surface area contributed by atoms with Gasteiger partial charge in [0, 0.05) is 9.75 Å². The van der Waals surface area contributed by atoms with Crippen LogP contribution in [0.1, 0.15) is 26.1 Å². The second-order valence-electron chi connectivity index (χ2n) is 3.61. The molecule has 4 heteroatoms. The van der Waals surface area contributed by atoms with Gasteiger partial charge in [-0.1, -0.05) is 0 Å². The van der Waals surface area contributed by atoms with E-state index in [1.54, 1.807) is 23.5 Å². The van der Waals surface area contributed by atoms with Gasteiger partial charge in [-0.05, 0) is 38.1 Å². The van der Waals surface area contributed by atoms with E-state index in [1.807, 2.05) is 26.0 Å². The molecule has 0 spiro atoms. The molecule has 2 rings (SSSR count). The number of hydrogen-bond donors (Lipinski definition) is 1. The van der Waals surface area contributed by atoms with Crippen molar-refractivity contribution < 1.29 is 9.21 Å². The van der Waals surface area contributed by atoms with Crippen molar-refractivity contribution in [3.05, 3.63) is 45.5 Å². The third-order valence-electron chi connectivity index (χ3n) is 2.18. The number of furan rings is 1. The van der Waals surface area contributed by atoms with Crippen molar-refractivity contribution in [1.29, 1.82) is 0 Å². The largest absolute Gasteiger partial charge is 0.456 e. The van der Waals surface area contributed by atoms with E-state index in [-0.39, 0.29) is 5.91 Å². The first-order chi connectivity index (χ1) is 7.65. The van der Waals surface area contributed by atoms with Gasteiger partial charge in [-0.25, -0.2) is 0 Å². The summed E-state index contributed by atoms with van der Waals surface area (Å²) < 4.78 is 5.23. The molecule has 0 radical (unpaired) electrons. The Balaban J connectivity index is 1.93. The summed E-state index contributed by atoms with van der Waals surface area (Å²) in [5.74, 6) is 0.946. The van der Waals surface area contributed by atoms with Crippen molar-refractivity contribution in [1.82, 2.24) is 5.32 Å². The van der Waals surface area contributed by atoms with Crippen LogP contribution in [0.5, 0.6) is 0 Å². The highest BCUT2D eigenvalue weighted by Crippen LogP contribution is 2.14. The molecule has 0 aliphatic rings. The van der Waals surface area contributed by atoms with Crippen LogP contribution in [-0.2, 0) is 6.54 Å². The number of hydrogen-bond acceptors (Lipinski definition) is 3. The summed E-state index contributed by atoms with van der Waals surface area (Å²) >= 11 is 1.68. The minimum Gasteiger partial charge on any atom is -0.456 e. The number of thiophene rings is 1. The van der Waals surface area contributed by atoms with Crippen LogP contribution in [0.15, 0.2) is 28.7 Å². The van der Waals surface area contributed by atoms with Gasteiger partial charge >= 0.3 is 0 Å². The second-order valence-corrected chi connectivity index (χ2v) is 4.98. The summed E-state index contributed by atoms with van der Waals surface area (Å²) in [4.78, 5) is 14.0. The van der Waals surface area contributed by atoms with Crippen LogP contribution >= 0.6 is 11.3 Å². The van der Waals surface area contributed by atoms with Crippen LogP contribution in [-0.4, -0.2) is 5.91 Å². The lowest BCUT2D eigenvalue weighted by atomic mass is 10.4. The van der Waals surface area contributed by atoms with E-state index in [9.17, 15) is 4.79 Å². The standard InChI is InChI=1S/C12H13NO2S/c1-8-3-6-11(15-8)12(14)13-7-10-5-4-9(2)16-10/h3-6H,7H2,1-2H3,(H,13,14). The molecule has 1 amide bonds. The number of carbonyl (C=O) groups excluding carboxylic acids is 1. The lowest BCUT2D eigenvalue weighted by molar-refractivity contribution is 0.0922. The zero-order valence-electron chi connectivity index (χ0n) is 9.24. The van der Waals surface area contributed by atoms with Gasteiger partial charge in [0.1, 0.15) is 5.76 Å². The average Bonchev–Trinajstić information content (AvgIpc) is 2.84. The van der Waals surface area contributed by atoms with Crippen molar-refractivity contribution in [2.24, 2.45) is 0 Å². The van der Waals surface area contributed by atoms with E-state index in [0.717, 1.165) is 10.6 Å². The van der Waals surface area contributed by atoms with Gasteiger partial charge in [0.15, 0.2) is 5.76 Å². The normalized spacial score (nSPS) is 10.4. The lowest BCUT2D eigenvalue weighted by Gasteiger charge is -2.00. The summed E-state index contributed by atoms with van der Waals surface area (Å²) in [6.45, 7) is 4.42. The SMILES string of the molecule is Cc1ccc(C(=O)NCc2ccc(C)s2)o1. The van der Waals surface area contributed by atoms with Crippen LogP contribution < -0.4 is 5.32 Å². The molecule has 16 heavy (non-hydrogen) atoms. The lowest BCUT2D eigenvalue weighted by Crippen LogP contribution is -2.21. The van der Waals surface area contributed by atoms with Gasteiger partial charge in [-0.2, -0.15) is 0 Å². The van der Waals surface area contributed by atoms with Crippen molar-refractivity contribution in [2.45, 2.75) is 20.4 Å². The molecule has 2 aromatic rings. The Bertz CT molecular complexity index is 499. The van der Waals surface area contributed by atoms with Gasteiger partial charge < -0.3 is 9.73 Å². The van der Waals surface area contributed by atoms with E-state index in [1.165, 1.54) is 4.88 Å². The molecule has 0 bridgehead atoms. The van der Waals surface area contributed by atoms with Crippen molar-refractivity contribution in [3.63, 3.8) is 0 Å². The Morgan fingerprint density at radius 2 is 2.12 bits per heavy atom. The van der Waals surface area contributed by atoms with Gasteiger partial charge in [-0.3, -0.25) is 4.79 Å². The second kappa shape index (κ2) is 4.53. The first-order valence-electron chi connectivity index (χ1n) is 5.05. The minimum absolute atomic E-state index is 0.167. The molecule has 0 aromatic carbocycles. The van der Waals surface area contributed by atoms with Crippen molar-refractivity contribution in [2.75, 3.05) is 0 Å². The molecule has 0 unspecified atom stereocenters. The van der Waals surface area contributed by atoms with Gasteiger partial charge in [0.2, 0.25) is 0 Å². The van der Waals surface area contributed by atoms with Crippen LogP contribution in [0, 0.1) is 13.8 Å². The van der Waals surface area contributed by atoms with E-state index in [2.05, 4.69) is 5.32 Å². The highest BCUT2D eigenvalue weighted by atomic mass is 32.1. The third kappa shape index (κ3) is 2.52. The fourth-order valence-electron chi connectivity index (χ4n) is 1.39. The van der Waals surface area contributed by atoms with E-state index < -0.39 is 0 Å². The Morgan fingerprint density at radius 3 is 2.69 bits per heavy atom. The zero-order valence-corrected chi connectivity index (χ0v) is 10.1. The smallest absolute Gasteiger partial charge is 0.287 e. The summed E-state index contributed by atoms with van der Waals surface area (Å²) in [5, 5.41) is 2.82. The topological polar surface area (TPSA) is 42.2 Å². The Hall–Kier alpha value is -1.55. The first-order valence-corrected chi connectivity index (χ1v) is 5.87. The molecular formula is C12H13NO2S. The zero-order chi connectivity index (χ0) is 11.5. The van der Waals surface area contributed by atoms with Gasteiger partial charge in [-0.15, -0.1) is 11.3 Å². The Morgan fingerprint density at radius 1 is 1.31 bits per heavy atom. The molecule has 84 valence electrons. The fourth-order valence-corrected chi connectivity index (χ4v) is 2.22. The molecule has 0 aliphatic heterocycles. The molecule has 1 N–H and O–H groups in total. The Kier molecular flexibility index (Phi) is 3.10. The molecular weight excluding hydrogens is 222 g/mol. The number of nitrogens with one attached hydrogen (secondary N) is 1. The maximum absolute atomic E-state index is 11.6. The highest BCUT2D eigenvalue weighted by molar-refractivity contribution is 7.11. The molecule has 0 fully saturated rings. The van der Waals surface area contributed by atoms with Crippen LogP contribution in [0.25, 0.3) is 0 Å². The van der Waals surface area contributed by atoms with Gasteiger partial charge in [0.25, 0.3) is 5.91 Å². The van der Waals surface area contributed by atoms with E-state index in [4.69, 9.17) is 4.42 Å². The predicted octanol–water partition coefficient (Wildman–Crippen LogP) is 2.89. The number of rotatable bonds is 3. The maximum atomic E-state index is 11.6. The molecule has 3 nitrogen and oxygen atoms in total. The van der Waals surface area contributed by atoms with Crippen molar-refractivity contribution >= 4 is 17.2 Å². The average molecular weight is 235 g/mol. The van der Waals surface area contributed by atoms with Crippen LogP contribution in [0.4, 0.5) is 0 Å². The first kappa shape index (κ1) is 11.0. The quantitative estimate of drug-likeness (QED) is 0.888. The van der Waals surface area contributed by atoms with Crippen LogP contribution in [0.2, 0.25) is 0 Å². The molecule has 0 saturated heterocycles. The maximum Gasteiger partial charge on any atom is 0.287 e. The van der Waals surface area contributed by atoms with E-state index >= 15 is 0 Å². The number of carbonyl (C=O) groups is 1. The van der Waals surface area contributed by atoms with Crippen LogP contribution in [0.3, 0.4) is 0 Å². The Labute approximate surface area is 98.1 Å². The van der Waals surface area contributed by atoms with Gasteiger partial charge in [0.05, 0.1) is 6.54 Å². The monoisotopic (exact) mass is 235 g/mol.